The number of hydrogen-bond acceptors (Lipinski definition) is 19. The zero-order chi connectivity index (χ0) is 45.0. The third kappa shape index (κ3) is 12.3. The molecular formula is C36H49N13O12. The van der Waals surface area contributed by atoms with Crippen molar-refractivity contribution < 1.29 is 54.1 Å². The molecule has 0 fully saturated rings. The molecule has 330 valence electrons. The second kappa shape index (κ2) is 21.3. The van der Waals surface area contributed by atoms with Crippen LogP contribution >= 0.6 is 0 Å². The quantitative estimate of drug-likeness (QED) is 0.0315. The predicted octanol–water partition coefficient (Wildman–Crippen LogP) is -6.48. The van der Waals surface area contributed by atoms with Crippen LogP contribution in [0.4, 0.5) is 5.69 Å². The minimum atomic E-state index is -2.06. The van der Waals surface area contributed by atoms with Crippen molar-refractivity contribution in [3.8, 4) is 5.75 Å². The molecule has 4 unspecified atom stereocenters. The Bertz CT molecular complexity index is 2000. The number of guanidine groups is 2. The van der Waals surface area contributed by atoms with Gasteiger partial charge in [0.2, 0.25) is 29.5 Å². The molecule has 0 aromatic heterocycles. The van der Waals surface area contributed by atoms with E-state index in [0.717, 1.165) is 12.1 Å². The molecular weight excluding hydrogens is 806 g/mol. The van der Waals surface area contributed by atoms with Crippen molar-refractivity contribution in [1.29, 1.82) is 0 Å². The summed E-state index contributed by atoms with van der Waals surface area (Å²) in [6.07, 6.45) is -4.09. The maximum Gasteiger partial charge on any atom is 0.310 e. The van der Waals surface area contributed by atoms with Crippen molar-refractivity contribution in [2.45, 2.75) is 73.8 Å². The van der Waals surface area contributed by atoms with Crippen LogP contribution in [-0.4, -0.2) is 154 Å². The Kier molecular flexibility index (Phi) is 16.3. The normalized spacial score (nSPS) is 19.6. The van der Waals surface area contributed by atoms with Crippen molar-refractivity contribution in [3.05, 3.63) is 69.8 Å². The summed E-state index contributed by atoms with van der Waals surface area (Å²) in [6.45, 7) is -0.119. The van der Waals surface area contributed by atoms with E-state index in [1.165, 1.54) is 6.07 Å². The number of carbonyl (C=O) groups is 6. The zero-order valence-corrected chi connectivity index (χ0v) is 32.6. The molecule has 10 atom stereocenters. The van der Waals surface area contributed by atoms with E-state index in [0.29, 0.717) is 5.56 Å². The van der Waals surface area contributed by atoms with E-state index in [1.54, 1.807) is 37.3 Å². The van der Waals surface area contributed by atoms with Gasteiger partial charge in [-0.05, 0) is 17.2 Å². The van der Waals surface area contributed by atoms with Crippen molar-refractivity contribution >= 4 is 53.4 Å². The molecule has 25 heteroatoms. The number of nitrogens with one attached hydrogen (secondary N) is 7. The molecule has 25 nitrogen and oxygen atoms in total. The molecule has 2 aromatic carbocycles. The van der Waals surface area contributed by atoms with Gasteiger partial charge in [-0.15, -0.1) is 0 Å². The zero-order valence-electron chi connectivity index (χ0n) is 32.6. The lowest BCUT2D eigenvalue weighted by molar-refractivity contribution is -0.385. The number of aldehydes is 1. The summed E-state index contributed by atoms with van der Waals surface area (Å²) in [6, 6.07) is 0.862. The van der Waals surface area contributed by atoms with Crippen molar-refractivity contribution in [3.63, 3.8) is 0 Å². The van der Waals surface area contributed by atoms with Crippen LogP contribution in [0, 0.1) is 10.1 Å². The van der Waals surface area contributed by atoms with Crippen LogP contribution in [0.5, 0.6) is 5.75 Å². The monoisotopic (exact) mass is 855 g/mol. The summed E-state index contributed by atoms with van der Waals surface area (Å²) in [5.74, 6) is -7.01. The number of nitrogens with two attached hydrogens (primary N) is 3. The molecule has 0 spiro atoms. The average molecular weight is 856 g/mol. The smallest absolute Gasteiger partial charge is 0.310 e. The number of amides is 5. The summed E-state index contributed by atoms with van der Waals surface area (Å²) in [5, 5.41) is 71.3. The standard InChI is InChI=1S/C36H49N13O12/c1-16(18-5-3-2-4-6-18)26(46-25(53)11-37)32(57)43-20(9-17-7-8-24(52)23(10-17)49(60)61)31(56)47-28(30(55)22-13-41-36(39)45-22)34(59)48-27(33(58)42-19(14-50)15-51)29(54)21-12-40-35(38)44-21/h2-8,10,14,16,19-22,26-30,51-52,54-55H,9,11-13,15,37H2,1H3,(H,42,58)(H,43,57)(H,46,53)(H,47,56)(H,48,59)(H3,38,40,44)(H3,39,41,45)/t16?,19-,20-,21?,22?,26+,27-,28+,29+,30?/m1/s1. The summed E-state index contributed by atoms with van der Waals surface area (Å²) < 4.78 is 0. The highest BCUT2D eigenvalue weighted by Gasteiger charge is 2.43. The van der Waals surface area contributed by atoms with Gasteiger partial charge < -0.3 is 79.6 Å². The number of benzene rings is 2. The summed E-state index contributed by atoms with van der Waals surface area (Å²) in [4.78, 5) is 98.9. The van der Waals surface area contributed by atoms with Crippen molar-refractivity contribution in [1.82, 2.24) is 37.2 Å². The first-order chi connectivity index (χ1) is 29.0. The van der Waals surface area contributed by atoms with E-state index in [2.05, 4.69) is 47.2 Å². The van der Waals surface area contributed by atoms with Gasteiger partial charge in [-0.1, -0.05) is 43.3 Å². The highest BCUT2D eigenvalue weighted by Crippen LogP contribution is 2.27. The van der Waals surface area contributed by atoms with E-state index in [4.69, 9.17) is 17.2 Å². The number of nitrogens with zero attached hydrogens (tertiary/aromatic N) is 3. The SMILES string of the molecule is CC(c1ccccc1)[C@H](NC(=O)CN)C(=O)N[C@H](Cc1ccc(O)c([N+](=O)[O-])c1)C(=O)N[C@H](C(=O)N[C@@H](C(=O)N[C@H](C=O)CO)[C@@H](O)C1CN=C(N)N1)C(O)C1CN=C(N)N1. The summed E-state index contributed by atoms with van der Waals surface area (Å²) >= 11 is 0. The fraction of sp³-hybridized carbons (Fsp3) is 0.444. The molecule has 4 rings (SSSR count). The Hall–Kier alpha value is -6.96. The molecule has 0 radical (unpaired) electrons. The molecule has 0 bridgehead atoms. The van der Waals surface area contributed by atoms with Gasteiger partial charge in [0.05, 0.1) is 43.2 Å². The molecule has 2 heterocycles. The Morgan fingerprint density at radius 3 is 1.89 bits per heavy atom. The van der Waals surface area contributed by atoms with Gasteiger partial charge in [-0.2, -0.15) is 0 Å². The number of aliphatic hydroxyl groups excluding tert-OH is 3. The number of hydrogen-bond donors (Lipinski definition) is 14. The highest BCUT2D eigenvalue weighted by molar-refractivity contribution is 5.97. The second-order valence-electron chi connectivity index (χ2n) is 14.1. The maximum atomic E-state index is 14.4. The Labute approximate surface area is 347 Å². The Balaban J connectivity index is 1.73. The molecule has 17 N–H and O–H groups in total. The number of aromatic hydroxyl groups is 1. The number of aliphatic hydroxyl groups is 3. The molecule has 0 aliphatic carbocycles. The number of phenolic OH excluding ortho intramolecular Hbond substituents is 1. The van der Waals surface area contributed by atoms with Crippen LogP contribution in [-0.2, 0) is 35.2 Å². The number of nitro groups is 1. The summed E-state index contributed by atoms with van der Waals surface area (Å²) in [5.41, 5.74) is 16.9. The number of rotatable bonds is 21. The maximum absolute atomic E-state index is 14.4. The lowest BCUT2D eigenvalue weighted by atomic mass is 9.92. The van der Waals surface area contributed by atoms with E-state index >= 15 is 0 Å². The van der Waals surface area contributed by atoms with Crippen LogP contribution < -0.4 is 54.4 Å². The Morgan fingerprint density at radius 1 is 0.852 bits per heavy atom. The van der Waals surface area contributed by atoms with Crippen molar-refractivity contribution in [2.75, 3.05) is 26.2 Å². The largest absolute Gasteiger partial charge is 0.502 e. The minimum absolute atomic E-state index is 0.0304. The number of phenols is 1. The lowest BCUT2D eigenvalue weighted by Gasteiger charge is -2.33. The fourth-order valence-electron chi connectivity index (χ4n) is 6.46. The first kappa shape index (κ1) is 46.7. The van der Waals surface area contributed by atoms with Crippen molar-refractivity contribution in [2.24, 2.45) is 27.2 Å². The molecule has 5 amide bonds. The van der Waals surface area contributed by atoms with Gasteiger partial charge in [0.15, 0.2) is 17.7 Å². The van der Waals surface area contributed by atoms with Crippen LogP contribution in [0.1, 0.15) is 24.0 Å². The van der Waals surface area contributed by atoms with E-state index in [9.17, 15) is 59.3 Å². The number of nitro benzene ring substituents is 1. The van der Waals surface area contributed by atoms with E-state index in [-0.39, 0.29) is 36.9 Å². The fourth-order valence-corrected chi connectivity index (χ4v) is 6.46. The van der Waals surface area contributed by atoms with Crippen LogP contribution in [0.3, 0.4) is 0 Å². The number of carbonyl (C=O) groups excluding carboxylic acids is 6. The van der Waals surface area contributed by atoms with Crippen LogP contribution in [0.2, 0.25) is 0 Å². The van der Waals surface area contributed by atoms with E-state index < -0.39 is 126 Å². The third-order valence-electron chi connectivity index (χ3n) is 9.86. The van der Waals surface area contributed by atoms with Gasteiger partial charge in [0, 0.05) is 18.4 Å². The number of aliphatic imine (C=N–C) groups is 2. The predicted molar refractivity (Wildman–Crippen MR) is 214 cm³/mol. The summed E-state index contributed by atoms with van der Waals surface area (Å²) in [7, 11) is 0. The minimum Gasteiger partial charge on any atom is -0.502 e. The van der Waals surface area contributed by atoms with Gasteiger partial charge in [0.1, 0.15) is 48.7 Å². The molecule has 0 saturated carbocycles. The average Bonchev–Trinajstić information content (AvgIpc) is 3.90. The van der Waals surface area contributed by atoms with Gasteiger partial charge in [-0.3, -0.25) is 44.1 Å². The topological polar surface area (TPSA) is 413 Å². The Morgan fingerprint density at radius 2 is 1.39 bits per heavy atom. The van der Waals surface area contributed by atoms with Gasteiger partial charge in [-0.25, -0.2) is 0 Å². The van der Waals surface area contributed by atoms with Gasteiger partial charge >= 0.3 is 5.69 Å². The van der Waals surface area contributed by atoms with Crippen LogP contribution in [0.25, 0.3) is 0 Å². The van der Waals surface area contributed by atoms with Gasteiger partial charge in [0.25, 0.3) is 0 Å². The third-order valence-corrected chi connectivity index (χ3v) is 9.86. The molecule has 2 aliphatic heterocycles. The molecule has 0 saturated heterocycles. The lowest BCUT2D eigenvalue weighted by Crippen LogP contribution is -2.67. The first-order valence-corrected chi connectivity index (χ1v) is 18.7. The van der Waals surface area contributed by atoms with Crippen LogP contribution in [0.15, 0.2) is 58.5 Å². The second-order valence-corrected chi connectivity index (χ2v) is 14.1. The molecule has 2 aliphatic rings. The molecule has 2 aromatic rings. The first-order valence-electron chi connectivity index (χ1n) is 18.7. The van der Waals surface area contributed by atoms with E-state index in [1.807, 2.05) is 0 Å². The molecule has 61 heavy (non-hydrogen) atoms. The highest BCUT2D eigenvalue weighted by atomic mass is 16.6.